The second kappa shape index (κ2) is 4.01. The molecular formula is C9H16O5S. The Balaban J connectivity index is 1.98. The molecule has 2 rings (SSSR count). The van der Waals surface area contributed by atoms with Gasteiger partial charge in [-0.05, 0) is 6.42 Å². The number of ether oxygens (including phenoxy) is 2. The van der Waals surface area contributed by atoms with Gasteiger partial charge in [0.1, 0.15) is 0 Å². The Morgan fingerprint density at radius 2 is 2.20 bits per heavy atom. The Labute approximate surface area is 89.8 Å². The van der Waals surface area contributed by atoms with Crippen LogP contribution in [0.5, 0.6) is 0 Å². The number of rotatable bonds is 2. The third-order valence-electron chi connectivity index (χ3n) is 2.83. The minimum absolute atomic E-state index is 0.254. The molecule has 0 aromatic heterocycles. The van der Waals surface area contributed by atoms with Crippen LogP contribution in [0.4, 0.5) is 0 Å². The maximum absolute atomic E-state index is 11.0. The fourth-order valence-electron chi connectivity index (χ4n) is 2.18. The van der Waals surface area contributed by atoms with Crippen molar-refractivity contribution in [2.24, 2.45) is 0 Å². The van der Waals surface area contributed by atoms with E-state index in [-0.39, 0.29) is 11.7 Å². The Hall–Kier alpha value is -0.170. The van der Waals surface area contributed by atoms with E-state index in [1.54, 1.807) is 0 Å². The monoisotopic (exact) mass is 236 g/mol. The Morgan fingerprint density at radius 3 is 2.80 bits per heavy atom. The van der Waals surface area contributed by atoms with Gasteiger partial charge in [-0.1, -0.05) is 0 Å². The summed E-state index contributed by atoms with van der Waals surface area (Å²) < 4.78 is 38.0. The normalized spacial score (nSPS) is 37.3. The van der Waals surface area contributed by atoms with E-state index in [2.05, 4.69) is 0 Å². The molecule has 15 heavy (non-hydrogen) atoms. The molecule has 0 aliphatic carbocycles. The van der Waals surface area contributed by atoms with Gasteiger partial charge in [0.15, 0.2) is 0 Å². The predicted molar refractivity (Wildman–Crippen MR) is 53.1 cm³/mol. The smallest absolute Gasteiger partial charge is 0.264 e. The third-order valence-corrected chi connectivity index (χ3v) is 3.45. The molecule has 2 aliphatic rings. The standard InChI is InChI=1S/C9H16O5S/c1-15(10,11)14-8-2-4-13-9(6-8)3-5-12-7-9/h8H,2-7H2,1H3/t8-,9+/m0/s1. The minimum Gasteiger partial charge on any atom is -0.378 e. The average Bonchev–Trinajstić information content (AvgIpc) is 2.50. The summed E-state index contributed by atoms with van der Waals surface area (Å²) in [5.74, 6) is 0. The lowest BCUT2D eigenvalue weighted by Crippen LogP contribution is -2.43. The molecule has 0 amide bonds. The molecule has 0 unspecified atom stereocenters. The molecule has 0 N–H and O–H groups in total. The van der Waals surface area contributed by atoms with E-state index in [0.29, 0.717) is 32.7 Å². The van der Waals surface area contributed by atoms with Crippen LogP contribution in [0.15, 0.2) is 0 Å². The Bertz CT molecular complexity index is 317. The molecule has 2 aliphatic heterocycles. The maximum atomic E-state index is 11.0. The van der Waals surface area contributed by atoms with E-state index in [4.69, 9.17) is 13.7 Å². The molecule has 2 fully saturated rings. The van der Waals surface area contributed by atoms with Gasteiger partial charge in [0.05, 0.1) is 24.6 Å². The van der Waals surface area contributed by atoms with Crippen molar-refractivity contribution in [3.05, 3.63) is 0 Å². The van der Waals surface area contributed by atoms with Crippen molar-refractivity contribution in [1.29, 1.82) is 0 Å². The molecule has 0 saturated carbocycles. The van der Waals surface area contributed by atoms with Gasteiger partial charge in [0.2, 0.25) is 0 Å². The first-order valence-electron chi connectivity index (χ1n) is 5.09. The Kier molecular flexibility index (Phi) is 3.03. The predicted octanol–water partition coefficient (Wildman–Crippen LogP) is 0.301. The molecule has 2 heterocycles. The van der Waals surface area contributed by atoms with Crippen molar-refractivity contribution in [2.45, 2.75) is 31.0 Å². The van der Waals surface area contributed by atoms with Gasteiger partial charge in [0.25, 0.3) is 10.1 Å². The molecule has 5 nitrogen and oxygen atoms in total. The maximum Gasteiger partial charge on any atom is 0.264 e. The molecule has 2 saturated heterocycles. The van der Waals surface area contributed by atoms with Gasteiger partial charge in [-0.3, -0.25) is 4.18 Å². The van der Waals surface area contributed by atoms with Crippen LogP contribution >= 0.6 is 0 Å². The Morgan fingerprint density at radius 1 is 1.40 bits per heavy atom. The van der Waals surface area contributed by atoms with E-state index >= 15 is 0 Å². The first-order chi connectivity index (χ1) is 6.99. The summed E-state index contributed by atoms with van der Waals surface area (Å²) in [4.78, 5) is 0. The first kappa shape index (κ1) is 11.3. The highest BCUT2D eigenvalue weighted by Gasteiger charge is 2.42. The van der Waals surface area contributed by atoms with Crippen LogP contribution in [-0.2, 0) is 23.8 Å². The molecule has 0 radical (unpaired) electrons. The minimum atomic E-state index is -3.37. The van der Waals surface area contributed by atoms with Crippen LogP contribution in [0.25, 0.3) is 0 Å². The van der Waals surface area contributed by atoms with Crippen molar-refractivity contribution in [3.63, 3.8) is 0 Å². The van der Waals surface area contributed by atoms with Crippen molar-refractivity contribution in [1.82, 2.24) is 0 Å². The van der Waals surface area contributed by atoms with Crippen molar-refractivity contribution >= 4 is 10.1 Å². The summed E-state index contributed by atoms with van der Waals surface area (Å²) in [5.41, 5.74) is -0.298. The second-order valence-electron chi connectivity index (χ2n) is 4.25. The van der Waals surface area contributed by atoms with Gasteiger partial charge in [-0.25, -0.2) is 0 Å². The summed E-state index contributed by atoms with van der Waals surface area (Å²) in [6.45, 7) is 1.78. The SMILES string of the molecule is CS(=O)(=O)O[C@H]1CCO[C@]2(CCOC2)C1. The second-order valence-corrected chi connectivity index (χ2v) is 5.85. The highest BCUT2D eigenvalue weighted by Crippen LogP contribution is 2.34. The van der Waals surface area contributed by atoms with E-state index < -0.39 is 10.1 Å². The van der Waals surface area contributed by atoms with Gasteiger partial charge in [-0.15, -0.1) is 0 Å². The summed E-state index contributed by atoms with van der Waals surface area (Å²) >= 11 is 0. The zero-order valence-corrected chi connectivity index (χ0v) is 9.59. The summed E-state index contributed by atoms with van der Waals surface area (Å²) in [5, 5.41) is 0. The topological polar surface area (TPSA) is 61.8 Å². The molecule has 2 atom stereocenters. The lowest BCUT2D eigenvalue weighted by molar-refractivity contribution is -0.111. The highest BCUT2D eigenvalue weighted by molar-refractivity contribution is 7.86. The average molecular weight is 236 g/mol. The first-order valence-corrected chi connectivity index (χ1v) is 6.91. The summed E-state index contributed by atoms with van der Waals surface area (Å²) in [6, 6.07) is 0. The van der Waals surface area contributed by atoms with Crippen LogP contribution in [0.1, 0.15) is 19.3 Å². The molecule has 1 spiro atoms. The third kappa shape index (κ3) is 2.90. The van der Waals surface area contributed by atoms with Gasteiger partial charge in [-0.2, -0.15) is 8.42 Å². The summed E-state index contributed by atoms with van der Waals surface area (Å²) in [6.07, 6.45) is 2.90. The fourth-order valence-corrected chi connectivity index (χ4v) is 2.83. The van der Waals surface area contributed by atoms with Crippen molar-refractivity contribution in [2.75, 3.05) is 26.1 Å². The van der Waals surface area contributed by atoms with Crippen LogP contribution in [0.3, 0.4) is 0 Å². The van der Waals surface area contributed by atoms with Crippen LogP contribution in [-0.4, -0.2) is 46.2 Å². The lowest BCUT2D eigenvalue weighted by atomic mass is 9.91. The number of hydrogen-bond acceptors (Lipinski definition) is 5. The van der Waals surface area contributed by atoms with Crippen molar-refractivity contribution in [3.8, 4) is 0 Å². The molecule has 88 valence electrons. The van der Waals surface area contributed by atoms with E-state index in [1.165, 1.54) is 0 Å². The van der Waals surface area contributed by atoms with Crippen LogP contribution in [0.2, 0.25) is 0 Å². The quantitative estimate of drug-likeness (QED) is 0.645. The van der Waals surface area contributed by atoms with Gasteiger partial charge in [0, 0.05) is 26.1 Å². The molecule has 0 aromatic carbocycles. The zero-order valence-electron chi connectivity index (χ0n) is 8.77. The molecule has 0 aromatic rings. The molecule has 0 bridgehead atoms. The van der Waals surface area contributed by atoms with E-state index in [9.17, 15) is 8.42 Å². The molecule has 6 heteroatoms. The lowest BCUT2D eigenvalue weighted by Gasteiger charge is -2.36. The number of hydrogen-bond donors (Lipinski definition) is 0. The highest BCUT2D eigenvalue weighted by atomic mass is 32.2. The van der Waals surface area contributed by atoms with Crippen LogP contribution in [0, 0.1) is 0 Å². The van der Waals surface area contributed by atoms with Crippen LogP contribution < -0.4 is 0 Å². The fraction of sp³-hybridized carbons (Fsp3) is 1.00. The van der Waals surface area contributed by atoms with Gasteiger partial charge < -0.3 is 9.47 Å². The van der Waals surface area contributed by atoms with E-state index in [1.807, 2.05) is 0 Å². The summed E-state index contributed by atoms with van der Waals surface area (Å²) in [7, 11) is -3.37. The van der Waals surface area contributed by atoms with Crippen molar-refractivity contribution < 1.29 is 22.1 Å². The van der Waals surface area contributed by atoms with E-state index in [0.717, 1.165) is 12.7 Å². The zero-order chi connectivity index (χ0) is 10.9. The largest absolute Gasteiger partial charge is 0.378 e. The molecular weight excluding hydrogens is 220 g/mol. The van der Waals surface area contributed by atoms with Gasteiger partial charge >= 0.3 is 0 Å².